The van der Waals surface area contributed by atoms with Crippen LogP contribution in [0.4, 0.5) is 0 Å². The molecule has 0 aliphatic carbocycles. The van der Waals surface area contributed by atoms with Crippen LogP contribution in [0.2, 0.25) is 0 Å². The van der Waals surface area contributed by atoms with E-state index in [9.17, 15) is 4.79 Å². The molecule has 0 aromatic carbocycles. The van der Waals surface area contributed by atoms with Gasteiger partial charge in [0.15, 0.2) is 0 Å². The molecule has 0 aliphatic rings. The predicted octanol–water partition coefficient (Wildman–Crippen LogP) is 1.98. The van der Waals surface area contributed by atoms with Crippen molar-refractivity contribution >= 4 is 6.08 Å². The number of aliphatic imine (C=N–C) groups is 1. The summed E-state index contributed by atoms with van der Waals surface area (Å²) in [5.74, 6) is 0.730. The summed E-state index contributed by atoms with van der Waals surface area (Å²) < 4.78 is 5.11. The molecule has 0 amide bonds. The summed E-state index contributed by atoms with van der Waals surface area (Å²) in [6.07, 6.45) is 3.08. The Balaban J connectivity index is 2.92. The first-order chi connectivity index (χ1) is 5.25. The van der Waals surface area contributed by atoms with Crippen molar-refractivity contribution in [1.82, 2.24) is 0 Å². The monoisotopic (exact) mass is 151 g/mol. The van der Waals surface area contributed by atoms with E-state index in [1.807, 2.05) is 13.0 Å². The molecule has 58 valence electrons. The first kappa shape index (κ1) is 7.76. The standard InChI is InChI=1S/C8H9NO2/c1-6-3-4-11-8(6)7(2)9-5-10/h3-4,7H,1-2H3. The van der Waals surface area contributed by atoms with Crippen LogP contribution < -0.4 is 0 Å². The molecule has 1 aromatic heterocycles. The lowest BCUT2D eigenvalue weighted by molar-refractivity contribution is 0.474. The van der Waals surface area contributed by atoms with E-state index in [4.69, 9.17) is 4.42 Å². The number of hydrogen-bond acceptors (Lipinski definition) is 3. The molecule has 3 nitrogen and oxygen atoms in total. The maximum atomic E-state index is 9.89. The molecule has 1 unspecified atom stereocenters. The molecule has 0 spiro atoms. The first-order valence-electron chi connectivity index (χ1n) is 3.36. The Hall–Kier alpha value is -1.34. The highest BCUT2D eigenvalue weighted by atomic mass is 16.3. The van der Waals surface area contributed by atoms with Crippen LogP contribution in [0.1, 0.15) is 24.3 Å². The van der Waals surface area contributed by atoms with Gasteiger partial charge in [-0.3, -0.25) is 0 Å². The van der Waals surface area contributed by atoms with E-state index >= 15 is 0 Å². The zero-order valence-corrected chi connectivity index (χ0v) is 6.50. The van der Waals surface area contributed by atoms with Crippen LogP contribution in [0.3, 0.4) is 0 Å². The lowest BCUT2D eigenvalue weighted by atomic mass is 10.2. The van der Waals surface area contributed by atoms with Crippen molar-refractivity contribution in [1.29, 1.82) is 0 Å². The maximum Gasteiger partial charge on any atom is 0.235 e. The molecular weight excluding hydrogens is 142 g/mol. The molecule has 11 heavy (non-hydrogen) atoms. The minimum Gasteiger partial charge on any atom is -0.467 e. The lowest BCUT2D eigenvalue weighted by Gasteiger charge is -1.99. The molecule has 1 heterocycles. The van der Waals surface area contributed by atoms with Crippen LogP contribution in [0.15, 0.2) is 21.7 Å². The van der Waals surface area contributed by atoms with E-state index in [2.05, 4.69) is 4.99 Å². The molecule has 0 saturated heterocycles. The second-order valence-corrected chi connectivity index (χ2v) is 2.36. The van der Waals surface area contributed by atoms with Gasteiger partial charge in [0.2, 0.25) is 6.08 Å². The number of hydrogen-bond donors (Lipinski definition) is 0. The van der Waals surface area contributed by atoms with Crippen molar-refractivity contribution in [2.24, 2.45) is 4.99 Å². The summed E-state index contributed by atoms with van der Waals surface area (Å²) in [7, 11) is 0. The highest BCUT2D eigenvalue weighted by Crippen LogP contribution is 2.20. The van der Waals surface area contributed by atoms with Crippen molar-refractivity contribution < 1.29 is 9.21 Å². The topological polar surface area (TPSA) is 42.6 Å². The molecule has 0 radical (unpaired) electrons. The van der Waals surface area contributed by atoms with Crippen molar-refractivity contribution in [3.05, 3.63) is 23.7 Å². The average molecular weight is 151 g/mol. The molecule has 1 rings (SSSR count). The number of rotatable bonds is 2. The first-order valence-corrected chi connectivity index (χ1v) is 3.36. The van der Waals surface area contributed by atoms with Gasteiger partial charge in [-0.15, -0.1) is 0 Å². The minimum absolute atomic E-state index is 0.220. The van der Waals surface area contributed by atoms with Gasteiger partial charge >= 0.3 is 0 Å². The fraction of sp³-hybridized carbons (Fsp3) is 0.375. The number of furan rings is 1. The van der Waals surface area contributed by atoms with Crippen LogP contribution in [0.5, 0.6) is 0 Å². The Bertz CT molecular complexity index is 284. The van der Waals surface area contributed by atoms with E-state index in [-0.39, 0.29) is 6.04 Å². The van der Waals surface area contributed by atoms with E-state index in [0.717, 1.165) is 11.3 Å². The van der Waals surface area contributed by atoms with Gasteiger partial charge in [-0.05, 0) is 25.5 Å². The van der Waals surface area contributed by atoms with E-state index < -0.39 is 0 Å². The normalized spacial score (nSPS) is 12.2. The van der Waals surface area contributed by atoms with Gasteiger partial charge in [0.1, 0.15) is 11.8 Å². The molecule has 1 atom stereocenters. The van der Waals surface area contributed by atoms with Gasteiger partial charge in [0, 0.05) is 0 Å². The Morgan fingerprint density at radius 1 is 1.73 bits per heavy atom. The number of carbonyl (C=O) groups excluding carboxylic acids is 1. The highest BCUT2D eigenvalue weighted by molar-refractivity contribution is 5.34. The van der Waals surface area contributed by atoms with Gasteiger partial charge in [-0.2, -0.15) is 4.99 Å². The van der Waals surface area contributed by atoms with E-state index in [1.165, 1.54) is 6.08 Å². The molecule has 3 heteroatoms. The van der Waals surface area contributed by atoms with Crippen LogP contribution >= 0.6 is 0 Å². The Morgan fingerprint density at radius 2 is 2.45 bits per heavy atom. The average Bonchev–Trinajstić information content (AvgIpc) is 2.36. The van der Waals surface area contributed by atoms with Crippen LogP contribution in [-0.4, -0.2) is 6.08 Å². The van der Waals surface area contributed by atoms with Gasteiger partial charge < -0.3 is 4.42 Å². The Labute approximate surface area is 64.7 Å². The van der Waals surface area contributed by atoms with Gasteiger partial charge in [0.05, 0.1) is 6.26 Å². The molecule has 0 N–H and O–H groups in total. The molecular formula is C8H9NO2. The summed E-state index contributed by atoms with van der Waals surface area (Å²) >= 11 is 0. The van der Waals surface area contributed by atoms with Crippen molar-refractivity contribution in [2.45, 2.75) is 19.9 Å². The Kier molecular flexibility index (Phi) is 2.24. The predicted molar refractivity (Wildman–Crippen MR) is 40.0 cm³/mol. The molecule has 1 aromatic rings. The Morgan fingerprint density at radius 3 is 2.91 bits per heavy atom. The van der Waals surface area contributed by atoms with Gasteiger partial charge in [0.25, 0.3) is 0 Å². The smallest absolute Gasteiger partial charge is 0.235 e. The summed E-state index contributed by atoms with van der Waals surface area (Å²) in [5.41, 5.74) is 1.01. The lowest BCUT2D eigenvalue weighted by Crippen LogP contribution is -1.87. The quantitative estimate of drug-likeness (QED) is 0.479. The number of nitrogens with zero attached hydrogens (tertiary/aromatic N) is 1. The summed E-state index contributed by atoms with van der Waals surface area (Å²) in [6.45, 7) is 3.70. The minimum atomic E-state index is -0.220. The third kappa shape index (κ3) is 1.57. The van der Waals surface area contributed by atoms with Crippen molar-refractivity contribution in [3.8, 4) is 0 Å². The molecule has 0 saturated carbocycles. The van der Waals surface area contributed by atoms with E-state index in [1.54, 1.807) is 13.2 Å². The molecule has 0 fully saturated rings. The zero-order valence-electron chi connectivity index (χ0n) is 6.50. The van der Waals surface area contributed by atoms with Crippen LogP contribution in [0, 0.1) is 6.92 Å². The largest absolute Gasteiger partial charge is 0.467 e. The second kappa shape index (κ2) is 3.17. The van der Waals surface area contributed by atoms with Crippen LogP contribution in [0.25, 0.3) is 0 Å². The van der Waals surface area contributed by atoms with Crippen LogP contribution in [-0.2, 0) is 4.79 Å². The number of aryl methyl sites for hydroxylation is 1. The third-order valence-corrected chi connectivity index (χ3v) is 1.53. The van der Waals surface area contributed by atoms with E-state index in [0.29, 0.717) is 0 Å². The third-order valence-electron chi connectivity index (χ3n) is 1.53. The number of isocyanates is 1. The fourth-order valence-corrected chi connectivity index (χ4v) is 0.950. The van der Waals surface area contributed by atoms with Gasteiger partial charge in [-0.1, -0.05) is 0 Å². The van der Waals surface area contributed by atoms with Crippen molar-refractivity contribution in [3.63, 3.8) is 0 Å². The zero-order chi connectivity index (χ0) is 8.27. The summed E-state index contributed by atoms with van der Waals surface area (Å²) in [5, 5.41) is 0. The second-order valence-electron chi connectivity index (χ2n) is 2.36. The molecule has 0 aliphatic heterocycles. The summed E-state index contributed by atoms with van der Waals surface area (Å²) in [6, 6.07) is 1.62. The van der Waals surface area contributed by atoms with Gasteiger partial charge in [-0.25, -0.2) is 4.79 Å². The SMILES string of the molecule is Cc1ccoc1C(C)N=C=O. The fourth-order valence-electron chi connectivity index (χ4n) is 0.950. The van der Waals surface area contributed by atoms with Crippen molar-refractivity contribution in [2.75, 3.05) is 0 Å². The summed E-state index contributed by atoms with van der Waals surface area (Å²) in [4.78, 5) is 13.4. The highest BCUT2D eigenvalue weighted by Gasteiger charge is 2.09. The maximum absolute atomic E-state index is 9.89. The molecule has 0 bridgehead atoms.